The molecule has 0 radical (unpaired) electrons. The minimum Gasteiger partial charge on any atom is -0.488 e. The average molecular weight is 394 g/mol. The first-order valence-corrected chi connectivity index (χ1v) is 8.84. The lowest BCUT2D eigenvalue weighted by Gasteiger charge is -2.10. The fraction of sp³-hybridized carbons (Fsp3) is 0.111. The highest BCUT2D eigenvalue weighted by atomic mass is 35.5. The maximum absolute atomic E-state index is 13.3. The summed E-state index contributed by atoms with van der Waals surface area (Å²) in [6.07, 6.45) is 1.56. The van der Waals surface area contributed by atoms with Gasteiger partial charge in [0.15, 0.2) is 11.6 Å². The highest BCUT2D eigenvalue weighted by molar-refractivity contribution is 7.13. The molecule has 0 bridgehead atoms. The summed E-state index contributed by atoms with van der Waals surface area (Å²) in [4.78, 5) is 4.24. The van der Waals surface area contributed by atoms with Gasteiger partial charge in [-0.25, -0.2) is 13.8 Å². The molecule has 8 heteroatoms. The van der Waals surface area contributed by atoms with Gasteiger partial charge >= 0.3 is 0 Å². The molecular weight excluding hydrogens is 380 g/mol. The molecule has 0 saturated heterocycles. The average Bonchev–Trinajstić information content (AvgIpc) is 3.02. The standard InChI is InChI=1S/C18H14ClF2N3OS/c1-11-10-26-18(23-11)24-22-8-13-7-14(19)3-5-17(13)25-9-12-2-4-15(20)16(21)6-12/h2-8,10H,9H2,1H3,(H,23,24). The van der Waals surface area contributed by atoms with E-state index in [4.69, 9.17) is 16.3 Å². The first-order valence-electron chi connectivity index (χ1n) is 7.59. The number of aromatic nitrogens is 1. The quantitative estimate of drug-likeness (QED) is 0.450. The summed E-state index contributed by atoms with van der Waals surface area (Å²) in [5.74, 6) is -1.29. The number of thiazole rings is 1. The van der Waals surface area contributed by atoms with Crippen molar-refractivity contribution in [3.8, 4) is 5.75 Å². The third-order valence-corrected chi connectivity index (χ3v) is 4.43. The van der Waals surface area contributed by atoms with Gasteiger partial charge < -0.3 is 4.74 Å². The van der Waals surface area contributed by atoms with Crippen molar-refractivity contribution in [2.75, 3.05) is 5.43 Å². The molecule has 0 saturated carbocycles. The molecule has 0 atom stereocenters. The third-order valence-electron chi connectivity index (χ3n) is 3.33. The molecule has 0 fully saturated rings. The maximum atomic E-state index is 13.3. The highest BCUT2D eigenvalue weighted by Crippen LogP contribution is 2.23. The van der Waals surface area contributed by atoms with Crippen LogP contribution < -0.4 is 10.2 Å². The summed E-state index contributed by atoms with van der Waals surface area (Å²) < 4.78 is 32.0. The van der Waals surface area contributed by atoms with Gasteiger partial charge in [-0.1, -0.05) is 17.7 Å². The molecule has 134 valence electrons. The van der Waals surface area contributed by atoms with E-state index < -0.39 is 11.6 Å². The summed E-state index contributed by atoms with van der Waals surface area (Å²) in [6.45, 7) is 1.98. The lowest BCUT2D eigenvalue weighted by atomic mass is 10.2. The molecule has 0 aliphatic heterocycles. The van der Waals surface area contributed by atoms with Crippen molar-refractivity contribution < 1.29 is 13.5 Å². The van der Waals surface area contributed by atoms with Crippen LogP contribution in [0, 0.1) is 18.6 Å². The Bertz CT molecular complexity index is 946. The van der Waals surface area contributed by atoms with Crippen molar-refractivity contribution in [3.63, 3.8) is 0 Å². The van der Waals surface area contributed by atoms with Crippen LogP contribution in [0.25, 0.3) is 0 Å². The number of nitrogens with one attached hydrogen (secondary N) is 1. The Morgan fingerprint density at radius 1 is 1.23 bits per heavy atom. The van der Waals surface area contributed by atoms with E-state index in [0.717, 1.165) is 17.8 Å². The fourth-order valence-electron chi connectivity index (χ4n) is 2.10. The summed E-state index contributed by atoms with van der Waals surface area (Å²) in [7, 11) is 0. The molecule has 3 rings (SSSR count). The molecule has 1 aromatic heterocycles. The molecule has 3 aromatic rings. The fourth-order valence-corrected chi connectivity index (χ4v) is 2.92. The Labute approximate surface area is 158 Å². The van der Waals surface area contributed by atoms with Crippen LogP contribution in [0.3, 0.4) is 0 Å². The minimum absolute atomic E-state index is 0.0821. The van der Waals surface area contributed by atoms with E-state index in [0.29, 0.717) is 27.0 Å². The van der Waals surface area contributed by atoms with Crippen LogP contribution in [0.2, 0.25) is 5.02 Å². The second kappa shape index (κ2) is 8.25. The first kappa shape index (κ1) is 18.3. The molecule has 26 heavy (non-hydrogen) atoms. The molecule has 0 spiro atoms. The summed E-state index contributed by atoms with van der Waals surface area (Å²) in [5, 5.41) is 7.24. The van der Waals surface area contributed by atoms with E-state index in [2.05, 4.69) is 15.5 Å². The molecule has 1 N–H and O–H groups in total. The van der Waals surface area contributed by atoms with Gasteiger partial charge in [-0.2, -0.15) is 5.10 Å². The summed E-state index contributed by atoms with van der Waals surface area (Å²) in [5.41, 5.74) is 4.90. The predicted molar refractivity (Wildman–Crippen MR) is 100 cm³/mol. The number of hydrogen-bond acceptors (Lipinski definition) is 5. The Morgan fingerprint density at radius 2 is 2.08 bits per heavy atom. The first-order chi connectivity index (χ1) is 12.5. The van der Waals surface area contributed by atoms with Crippen molar-refractivity contribution in [3.05, 3.63) is 75.3 Å². The number of hydrazone groups is 1. The third kappa shape index (κ3) is 4.77. The molecule has 0 unspecified atom stereocenters. The van der Waals surface area contributed by atoms with E-state index >= 15 is 0 Å². The molecule has 4 nitrogen and oxygen atoms in total. The molecule has 1 heterocycles. The number of ether oxygens (including phenoxy) is 1. The number of aryl methyl sites for hydroxylation is 1. The zero-order valence-corrected chi connectivity index (χ0v) is 15.2. The lowest BCUT2D eigenvalue weighted by Crippen LogP contribution is -2.00. The zero-order chi connectivity index (χ0) is 18.5. The predicted octanol–water partition coefficient (Wildman–Crippen LogP) is 5.41. The van der Waals surface area contributed by atoms with Crippen LogP contribution in [0.5, 0.6) is 5.75 Å². The largest absolute Gasteiger partial charge is 0.488 e. The molecule has 2 aromatic carbocycles. The van der Waals surface area contributed by atoms with Gasteiger partial charge in [-0.3, -0.25) is 5.43 Å². The monoisotopic (exact) mass is 393 g/mol. The van der Waals surface area contributed by atoms with Crippen LogP contribution in [0.4, 0.5) is 13.9 Å². The smallest absolute Gasteiger partial charge is 0.203 e. The summed E-state index contributed by atoms with van der Waals surface area (Å²) >= 11 is 7.47. The van der Waals surface area contributed by atoms with Gasteiger partial charge in [0.1, 0.15) is 12.4 Å². The second-order valence-corrected chi connectivity index (χ2v) is 6.68. The topological polar surface area (TPSA) is 46.5 Å². The van der Waals surface area contributed by atoms with E-state index in [1.54, 1.807) is 24.4 Å². The number of nitrogens with zero attached hydrogens (tertiary/aromatic N) is 2. The molecule has 0 aliphatic rings. The Balaban J connectivity index is 1.71. The van der Waals surface area contributed by atoms with E-state index in [1.807, 2.05) is 12.3 Å². The van der Waals surface area contributed by atoms with Crippen LogP contribution in [0.1, 0.15) is 16.8 Å². The SMILES string of the molecule is Cc1csc(NN=Cc2cc(Cl)ccc2OCc2ccc(F)c(F)c2)n1. The number of rotatable bonds is 6. The van der Waals surface area contributed by atoms with Crippen molar-refractivity contribution in [2.45, 2.75) is 13.5 Å². The van der Waals surface area contributed by atoms with Crippen molar-refractivity contribution >= 4 is 34.3 Å². The Kier molecular flexibility index (Phi) is 5.80. The van der Waals surface area contributed by atoms with E-state index in [1.165, 1.54) is 17.4 Å². The van der Waals surface area contributed by atoms with Gasteiger partial charge in [0.25, 0.3) is 0 Å². The Morgan fingerprint density at radius 3 is 2.81 bits per heavy atom. The Hall–Kier alpha value is -2.51. The van der Waals surface area contributed by atoms with Crippen LogP contribution in [-0.4, -0.2) is 11.2 Å². The van der Waals surface area contributed by atoms with Gasteiger partial charge in [0.05, 0.1) is 11.9 Å². The van der Waals surface area contributed by atoms with Crippen LogP contribution in [0.15, 0.2) is 46.9 Å². The van der Waals surface area contributed by atoms with Crippen molar-refractivity contribution in [1.29, 1.82) is 0 Å². The lowest BCUT2D eigenvalue weighted by molar-refractivity contribution is 0.304. The van der Waals surface area contributed by atoms with Gasteiger partial charge in [-0.05, 0) is 42.8 Å². The highest BCUT2D eigenvalue weighted by Gasteiger charge is 2.06. The van der Waals surface area contributed by atoms with Crippen LogP contribution in [-0.2, 0) is 6.61 Å². The normalized spacial score (nSPS) is 11.1. The maximum Gasteiger partial charge on any atom is 0.203 e. The second-order valence-electron chi connectivity index (χ2n) is 5.38. The number of halogens is 3. The molecule has 0 aliphatic carbocycles. The van der Waals surface area contributed by atoms with Crippen molar-refractivity contribution in [1.82, 2.24) is 4.98 Å². The minimum atomic E-state index is -0.910. The molecular formula is C18H14ClF2N3OS. The number of anilines is 1. The number of benzene rings is 2. The number of hydrogen-bond donors (Lipinski definition) is 1. The summed E-state index contributed by atoms with van der Waals surface area (Å²) in [6, 6.07) is 8.70. The van der Waals surface area contributed by atoms with Gasteiger partial charge in [0.2, 0.25) is 5.13 Å². The molecule has 0 amide bonds. The van der Waals surface area contributed by atoms with E-state index in [9.17, 15) is 8.78 Å². The van der Waals surface area contributed by atoms with Gasteiger partial charge in [0, 0.05) is 16.0 Å². The van der Waals surface area contributed by atoms with Crippen LogP contribution >= 0.6 is 22.9 Å². The van der Waals surface area contributed by atoms with Crippen molar-refractivity contribution in [2.24, 2.45) is 5.10 Å². The van der Waals surface area contributed by atoms with E-state index in [-0.39, 0.29) is 6.61 Å². The zero-order valence-electron chi connectivity index (χ0n) is 13.7. The van der Waals surface area contributed by atoms with Gasteiger partial charge in [-0.15, -0.1) is 11.3 Å².